The molecule has 1 N–H and O–H groups in total. The first-order chi connectivity index (χ1) is 8.49. The highest BCUT2D eigenvalue weighted by molar-refractivity contribution is 5.94. The van der Waals surface area contributed by atoms with E-state index in [2.05, 4.69) is 5.32 Å². The normalized spacial score (nSPS) is 11.8. The molecule has 1 amide bonds. The molecule has 0 heterocycles. The van der Waals surface area contributed by atoms with Crippen LogP contribution in [0.4, 0.5) is 10.1 Å². The first kappa shape index (κ1) is 14.0. The molecule has 1 unspecified atom stereocenters. The van der Waals surface area contributed by atoms with Gasteiger partial charge >= 0.3 is 0 Å². The Morgan fingerprint density at radius 2 is 2.17 bits per heavy atom. The predicted octanol–water partition coefficient (Wildman–Crippen LogP) is 2.57. The van der Waals surface area contributed by atoms with Gasteiger partial charge in [0.2, 0.25) is 5.91 Å². The molecule has 96 valence electrons. The molecular formula is C13H15FN2O2. The van der Waals surface area contributed by atoms with Gasteiger partial charge in [0.05, 0.1) is 13.2 Å². The molecule has 0 aliphatic rings. The number of halogens is 1. The molecule has 0 bridgehead atoms. The minimum Gasteiger partial charge on any atom is -0.494 e. The SMILES string of the molecule is COc1ccc(NC(=O)C(C#N)C(C)C)cc1F. The maximum atomic E-state index is 13.4. The van der Waals surface area contributed by atoms with Crippen molar-refractivity contribution in [2.24, 2.45) is 11.8 Å². The van der Waals surface area contributed by atoms with Crippen LogP contribution in [0.2, 0.25) is 0 Å². The molecule has 1 atom stereocenters. The number of methoxy groups -OCH3 is 1. The Morgan fingerprint density at radius 1 is 1.50 bits per heavy atom. The molecule has 0 fully saturated rings. The molecule has 0 radical (unpaired) electrons. The first-order valence-electron chi connectivity index (χ1n) is 5.53. The van der Waals surface area contributed by atoms with Gasteiger partial charge in [-0.25, -0.2) is 4.39 Å². The van der Waals surface area contributed by atoms with Crippen LogP contribution in [-0.4, -0.2) is 13.0 Å². The van der Waals surface area contributed by atoms with Crippen LogP contribution in [0.15, 0.2) is 18.2 Å². The Balaban J connectivity index is 2.83. The van der Waals surface area contributed by atoms with Crippen LogP contribution in [0.5, 0.6) is 5.75 Å². The van der Waals surface area contributed by atoms with E-state index in [1.54, 1.807) is 13.8 Å². The highest BCUT2D eigenvalue weighted by Gasteiger charge is 2.21. The highest BCUT2D eigenvalue weighted by atomic mass is 19.1. The van der Waals surface area contributed by atoms with Crippen molar-refractivity contribution in [3.63, 3.8) is 0 Å². The van der Waals surface area contributed by atoms with Crippen molar-refractivity contribution in [2.45, 2.75) is 13.8 Å². The summed E-state index contributed by atoms with van der Waals surface area (Å²) < 4.78 is 18.2. The van der Waals surface area contributed by atoms with Gasteiger partial charge < -0.3 is 10.1 Å². The fourth-order valence-corrected chi connectivity index (χ4v) is 1.47. The Morgan fingerprint density at radius 3 is 2.61 bits per heavy atom. The van der Waals surface area contributed by atoms with Crippen LogP contribution < -0.4 is 10.1 Å². The quantitative estimate of drug-likeness (QED) is 0.893. The number of hydrogen-bond donors (Lipinski definition) is 1. The lowest BCUT2D eigenvalue weighted by molar-refractivity contribution is -0.119. The van der Waals surface area contributed by atoms with E-state index in [-0.39, 0.29) is 11.7 Å². The number of amides is 1. The molecule has 5 heteroatoms. The lowest BCUT2D eigenvalue weighted by Gasteiger charge is -2.13. The van der Waals surface area contributed by atoms with E-state index in [1.165, 1.54) is 19.2 Å². The zero-order valence-electron chi connectivity index (χ0n) is 10.5. The van der Waals surface area contributed by atoms with Crippen LogP contribution in [0.1, 0.15) is 13.8 Å². The highest BCUT2D eigenvalue weighted by Crippen LogP contribution is 2.21. The fraction of sp³-hybridized carbons (Fsp3) is 0.385. The Labute approximate surface area is 105 Å². The maximum Gasteiger partial charge on any atom is 0.241 e. The number of rotatable bonds is 4. The average Bonchev–Trinajstić information content (AvgIpc) is 2.29. The number of nitrogens with one attached hydrogen (secondary N) is 1. The van der Waals surface area contributed by atoms with Gasteiger partial charge in [-0.1, -0.05) is 13.8 Å². The summed E-state index contributed by atoms with van der Waals surface area (Å²) >= 11 is 0. The largest absolute Gasteiger partial charge is 0.494 e. The summed E-state index contributed by atoms with van der Waals surface area (Å²) in [5, 5.41) is 11.4. The van der Waals surface area contributed by atoms with Crippen molar-refractivity contribution in [2.75, 3.05) is 12.4 Å². The van der Waals surface area contributed by atoms with E-state index in [0.717, 1.165) is 6.07 Å². The molecule has 0 aliphatic heterocycles. The van der Waals surface area contributed by atoms with Crippen molar-refractivity contribution in [1.29, 1.82) is 5.26 Å². The van der Waals surface area contributed by atoms with Crippen LogP contribution in [0.3, 0.4) is 0 Å². The van der Waals surface area contributed by atoms with Crippen LogP contribution in [0, 0.1) is 29.0 Å². The molecule has 0 saturated heterocycles. The van der Waals surface area contributed by atoms with Crippen molar-refractivity contribution in [3.8, 4) is 11.8 Å². The molecule has 1 aromatic carbocycles. The molecule has 0 aromatic heterocycles. The number of anilines is 1. The Kier molecular flexibility index (Phi) is 4.67. The van der Waals surface area contributed by atoms with Gasteiger partial charge in [0.15, 0.2) is 11.6 Å². The summed E-state index contributed by atoms with van der Waals surface area (Å²) in [6.07, 6.45) is 0. The molecule has 1 aromatic rings. The van der Waals surface area contributed by atoms with Crippen LogP contribution >= 0.6 is 0 Å². The van der Waals surface area contributed by atoms with Crippen molar-refractivity contribution >= 4 is 11.6 Å². The number of hydrogen-bond acceptors (Lipinski definition) is 3. The molecule has 0 saturated carbocycles. The zero-order valence-corrected chi connectivity index (χ0v) is 10.5. The van der Waals surface area contributed by atoms with Crippen molar-refractivity contribution in [1.82, 2.24) is 0 Å². The van der Waals surface area contributed by atoms with Gasteiger partial charge in [-0.2, -0.15) is 5.26 Å². The van der Waals surface area contributed by atoms with E-state index >= 15 is 0 Å². The maximum absolute atomic E-state index is 13.4. The monoisotopic (exact) mass is 250 g/mol. The van der Waals surface area contributed by atoms with Gasteiger partial charge in [-0.15, -0.1) is 0 Å². The minimum atomic E-state index is -0.754. The van der Waals surface area contributed by atoms with Gasteiger partial charge in [0.25, 0.3) is 0 Å². The van der Waals surface area contributed by atoms with Gasteiger partial charge in [-0.3, -0.25) is 4.79 Å². The van der Waals surface area contributed by atoms with Gasteiger partial charge in [0.1, 0.15) is 5.92 Å². The fourth-order valence-electron chi connectivity index (χ4n) is 1.47. The molecule has 18 heavy (non-hydrogen) atoms. The molecule has 0 aliphatic carbocycles. The topological polar surface area (TPSA) is 62.1 Å². The number of carbonyl (C=O) groups excluding carboxylic acids is 1. The average molecular weight is 250 g/mol. The third-order valence-corrected chi connectivity index (χ3v) is 2.51. The zero-order chi connectivity index (χ0) is 13.7. The third-order valence-electron chi connectivity index (χ3n) is 2.51. The number of ether oxygens (including phenoxy) is 1. The summed E-state index contributed by atoms with van der Waals surface area (Å²) in [6.45, 7) is 3.56. The molecule has 1 rings (SSSR count). The number of benzene rings is 1. The lowest BCUT2D eigenvalue weighted by Crippen LogP contribution is -2.25. The van der Waals surface area contributed by atoms with Crippen molar-refractivity contribution in [3.05, 3.63) is 24.0 Å². The van der Waals surface area contributed by atoms with Gasteiger partial charge in [-0.05, 0) is 18.1 Å². The predicted molar refractivity (Wildman–Crippen MR) is 65.5 cm³/mol. The first-order valence-corrected chi connectivity index (χ1v) is 5.53. The van der Waals surface area contributed by atoms with E-state index < -0.39 is 17.6 Å². The van der Waals surface area contributed by atoms with E-state index in [0.29, 0.717) is 5.69 Å². The Hall–Kier alpha value is -2.09. The van der Waals surface area contributed by atoms with E-state index in [1.807, 2.05) is 6.07 Å². The second-order valence-corrected chi connectivity index (χ2v) is 4.19. The second-order valence-electron chi connectivity index (χ2n) is 4.19. The minimum absolute atomic E-state index is 0.0990. The summed E-state index contributed by atoms with van der Waals surface area (Å²) in [5.74, 6) is -1.74. The van der Waals surface area contributed by atoms with Crippen molar-refractivity contribution < 1.29 is 13.9 Å². The standard InChI is InChI=1S/C13H15FN2O2/c1-8(2)10(7-15)13(17)16-9-4-5-12(18-3)11(14)6-9/h4-6,8,10H,1-3H3,(H,16,17). The summed E-state index contributed by atoms with van der Waals surface area (Å²) in [7, 11) is 1.36. The number of nitriles is 1. The smallest absolute Gasteiger partial charge is 0.241 e. The summed E-state index contributed by atoms with van der Waals surface area (Å²) in [6, 6.07) is 6.03. The summed E-state index contributed by atoms with van der Waals surface area (Å²) in [5.41, 5.74) is 0.305. The van der Waals surface area contributed by atoms with E-state index in [9.17, 15) is 9.18 Å². The third kappa shape index (κ3) is 3.20. The Bertz CT molecular complexity index is 480. The molecule has 4 nitrogen and oxygen atoms in total. The van der Waals surface area contributed by atoms with Crippen LogP contribution in [0.25, 0.3) is 0 Å². The number of nitrogens with zero attached hydrogens (tertiary/aromatic N) is 1. The molecular weight excluding hydrogens is 235 g/mol. The second kappa shape index (κ2) is 6.01. The van der Waals surface area contributed by atoms with Gasteiger partial charge in [0, 0.05) is 11.8 Å². The van der Waals surface area contributed by atoms with E-state index in [4.69, 9.17) is 10.00 Å². The lowest BCUT2D eigenvalue weighted by atomic mass is 9.96. The molecule has 0 spiro atoms. The number of carbonyl (C=O) groups is 1. The van der Waals surface area contributed by atoms with Crippen LogP contribution in [-0.2, 0) is 4.79 Å². The summed E-state index contributed by atoms with van der Waals surface area (Å²) in [4.78, 5) is 11.8.